The molecule has 0 atom stereocenters. The van der Waals surface area contributed by atoms with Crippen LogP contribution in [0, 0.1) is 0 Å². The highest BCUT2D eigenvalue weighted by molar-refractivity contribution is 5.81. The molecule has 326 valence electrons. The summed E-state index contributed by atoms with van der Waals surface area (Å²) < 4.78 is 0. The quantitative estimate of drug-likeness (QED) is 0.0456. The van der Waals surface area contributed by atoms with Gasteiger partial charge in [-0.05, 0) is 55.2 Å². The van der Waals surface area contributed by atoms with Crippen molar-refractivity contribution < 1.29 is 0 Å². The van der Waals surface area contributed by atoms with Crippen LogP contribution >= 0.6 is 0 Å². The molecule has 0 unspecified atom stereocenters. The molecule has 0 spiro atoms. The van der Waals surface area contributed by atoms with E-state index in [0.29, 0.717) is 0 Å². The van der Waals surface area contributed by atoms with Crippen LogP contribution in [0.25, 0.3) is 33.9 Å². The van der Waals surface area contributed by atoms with E-state index in [-0.39, 0.29) is 0 Å². The van der Waals surface area contributed by atoms with Crippen molar-refractivity contribution in [2.75, 3.05) is 0 Å². The topological polar surface area (TPSA) is 28.7 Å². The van der Waals surface area contributed by atoms with E-state index in [1.54, 1.807) is 0 Å². The largest absolute Gasteiger partial charge is 0.337 e. The van der Waals surface area contributed by atoms with Crippen LogP contribution in [-0.2, 0) is 19.3 Å². The van der Waals surface area contributed by atoms with Crippen molar-refractivity contribution >= 4 is 0 Å². The molecule has 2 nitrogen and oxygen atoms in total. The van der Waals surface area contributed by atoms with Crippen molar-refractivity contribution in [3.63, 3.8) is 0 Å². The molecule has 1 N–H and O–H groups in total. The van der Waals surface area contributed by atoms with Gasteiger partial charge in [-0.2, -0.15) is 0 Å². The molecule has 2 heteroatoms. The molecule has 0 aliphatic rings. The third kappa shape index (κ3) is 20.3. The van der Waals surface area contributed by atoms with Gasteiger partial charge in [-0.3, -0.25) is 0 Å². The van der Waals surface area contributed by atoms with Gasteiger partial charge in [0.1, 0.15) is 5.82 Å². The molecule has 0 saturated heterocycles. The number of nitrogens with zero attached hydrogens (tertiary/aromatic N) is 1. The van der Waals surface area contributed by atoms with Crippen molar-refractivity contribution in [1.29, 1.82) is 0 Å². The van der Waals surface area contributed by atoms with Gasteiger partial charge in [-0.15, -0.1) is 0 Å². The molecule has 0 bridgehead atoms. The van der Waals surface area contributed by atoms with Gasteiger partial charge >= 0.3 is 0 Å². The summed E-state index contributed by atoms with van der Waals surface area (Å²) in [6.07, 6.45) is 45.0. The molecule has 1 aromatic heterocycles. The van der Waals surface area contributed by atoms with Gasteiger partial charge in [0.25, 0.3) is 0 Å². The Hall–Kier alpha value is -3.13. The van der Waals surface area contributed by atoms with Crippen LogP contribution < -0.4 is 0 Å². The highest BCUT2D eigenvalue weighted by atomic mass is 14.9. The molecular weight excluding hydrogens is 713 g/mol. The van der Waals surface area contributed by atoms with E-state index in [1.165, 1.54) is 245 Å². The van der Waals surface area contributed by atoms with Gasteiger partial charge < -0.3 is 4.98 Å². The number of aryl methyl sites for hydroxylation is 3. The monoisotopic (exact) mass is 801 g/mol. The SMILES string of the molecule is CCCCCCCCCCCCc1ccc(-c2nc(-c3ccc(CCCCCCCCCCCC)cc3)c(-c3ccc(CCCCCCCCCCCC)cc3)[nH]2)cc1. The van der Waals surface area contributed by atoms with Crippen LogP contribution in [0.2, 0.25) is 0 Å². The van der Waals surface area contributed by atoms with Gasteiger partial charge in [0.15, 0.2) is 0 Å². The van der Waals surface area contributed by atoms with Crippen LogP contribution in [0.5, 0.6) is 0 Å². The fourth-order valence-corrected chi connectivity index (χ4v) is 8.87. The van der Waals surface area contributed by atoms with Gasteiger partial charge in [0.05, 0.1) is 11.4 Å². The van der Waals surface area contributed by atoms with Crippen molar-refractivity contribution in [2.24, 2.45) is 0 Å². The molecule has 3 aromatic carbocycles. The van der Waals surface area contributed by atoms with Crippen LogP contribution in [0.3, 0.4) is 0 Å². The number of hydrogen-bond donors (Lipinski definition) is 1. The minimum absolute atomic E-state index is 0.962. The molecule has 4 aromatic rings. The second kappa shape index (κ2) is 31.7. The van der Waals surface area contributed by atoms with Crippen molar-refractivity contribution in [2.45, 2.75) is 233 Å². The first-order chi connectivity index (χ1) is 29.2. The Morgan fingerprint density at radius 1 is 0.305 bits per heavy atom. The molecule has 59 heavy (non-hydrogen) atoms. The third-order valence-corrected chi connectivity index (χ3v) is 12.9. The van der Waals surface area contributed by atoms with E-state index in [0.717, 1.165) is 17.2 Å². The zero-order valence-electron chi connectivity index (χ0n) is 38.7. The number of nitrogens with one attached hydrogen (secondary N) is 1. The lowest BCUT2D eigenvalue weighted by molar-refractivity contribution is 0.556. The number of rotatable bonds is 36. The van der Waals surface area contributed by atoms with E-state index in [4.69, 9.17) is 4.98 Å². The first-order valence-corrected chi connectivity index (χ1v) is 25.6. The molecule has 0 fully saturated rings. The number of benzene rings is 3. The molecule has 4 rings (SSSR count). The lowest BCUT2D eigenvalue weighted by Gasteiger charge is -2.07. The summed E-state index contributed by atoms with van der Waals surface area (Å²) in [7, 11) is 0. The molecule has 0 aliphatic carbocycles. The number of unbranched alkanes of at least 4 members (excludes halogenated alkanes) is 27. The Balaban J connectivity index is 1.32. The summed E-state index contributed by atoms with van der Waals surface area (Å²) in [5.74, 6) is 0.962. The van der Waals surface area contributed by atoms with E-state index in [2.05, 4.69) is 98.6 Å². The lowest BCUT2D eigenvalue weighted by atomic mass is 9.99. The number of hydrogen-bond acceptors (Lipinski definition) is 1. The van der Waals surface area contributed by atoms with Crippen molar-refractivity contribution in [3.05, 3.63) is 89.5 Å². The molecule has 0 radical (unpaired) electrons. The standard InChI is InChI=1S/C57H88N2/c1-4-7-10-13-16-19-22-25-28-31-34-49-37-43-52(44-38-49)55-56(53-45-39-50(40-46-53)35-32-29-26-23-20-17-14-11-8-5-2)59-57(58-55)54-47-41-51(42-48-54)36-33-30-27-24-21-18-15-12-9-6-3/h37-48H,4-36H2,1-3H3,(H,58,59). The fourth-order valence-electron chi connectivity index (χ4n) is 8.87. The second-order valence-electron chi connectivity index (χ2n) is 18.2. The summed E-state index contributed by atoms with van der Waals surface area (Å²) >= 11 is 0. The molecule has 0 saturated carbocycles. The zero-order chi connectivity index (χ0) is 41.4. The molecule has 1 heterocycles. The average molecular weight is 801 g/mol. The van der Waals surface area contributed by atoms with E-state index in [1.807, 2.05) is 0 Å². The van der Waals surface area contributed by atoms with Crippen molar-refractivity contribution in [1.82, 2.24) is 9.97 Å². The van der Waals surface area contributed by atoms with Crippen LogP contribution in [0.15, 0.2) is 72.8 Å². The van der Waals surface area contributed by atoms with E-state index in [9.17, 15) is 0 Å². The summed E-state index contributed by atoms with van der Waals surface area (Å²) in [6.45, 7) is 6.90. The maximum atomic E-state index is 5.31. The number of H-pyrrole nitrogens is 1. The van der Waals surface area contributed by atoms with Crippen molar-refractivity contribution in [3.8, 4) is 33.9 Å². The lowest BCUT2D eigenvalue weighted by Crippen LogP contribution is -1.90. The Morgan fingerprint density at radius 2 is 0.576 bits per heavy atom. The normalized spacial score (nSPS) is 11.5. The Bertz CT molecular complexity index is 1480. The van der Waals surface area contributed by atoms with Gasteiger partial charge in [-0.25, -0.2) is 4.98 Å². The molecule has 0 aliphatic heterocycles. The van der Waals surface area contributed by atoms with Gasteiger partial charge in [0, 0.05) is 16.7 Å². The van der Waals surface area contributed by atoms with E-state index >= 15 is 0 Å². The first-order valence-electron chi connectivity index (χ1n) is 25.6. The highest BCUT2D eigenvalue weighted by Gasteiger charge is 2.16. The zero-order valence-corrected chi connectivity index (χ0v) is 38.7. The van der Waals surface area contributed by atoms with Crippen LogP contribution in [0.4, 0.5) is 0 Å². The van der Waals surface area contributed by atoms with Crippen LogP contribution in [-0.4, -0.2) is 9.97 Å². The van der Waals surface area contributed by atoms with E-state index < -0.39 is 0 Å². The Kier molecular flexibility index (Phi) is 26.1. The minimum atomic E-state index is 0.962. The average Bonchev–Trinajstić information content (AvgIpc) is 3.72. The highest BCUT2D eigenvalue weighted by Crippen LogP contribution is 2.34. The summed E-state index contributed by atoms with van der Waals surface area (Å²) in [5.41, 5.74) is 10.1. The number of imidazole rings is 1. The van der Waals surface area contributed by atoms with Gasteiger partial charge in [0.2, 0.25) is 0 Å². The fraction of sp³-hybridized carbons (Fsp3) is 0.632. The second-order valence-corrected chi connectivity index (χ2v) is 18.2. The smallest absolute Gasteiger partial charge is 0.138 e. The Labute approximate surface area is 364 Å². The molecular formula is C57H88N2. The van der Waals surface area contributed by atoms with Crippen LogP contribution in [0.1, 0.15) is 230 Å². The predicted molar refractivity (Wildman–Crippen MR) is 262 cm³/mol. The summed E-state index contributed by atoms with van der Waals surface area (Å²) in [5, 5.41) is 0. The number of aromatic amines is 1. The maximum Gasteiger partial charge on any atom is 0.138 e. The summed E-state index contributed by atoms with van der Waals surface area (Å²) in [4.78, 5) is 9.12. The summed E-state index contributed by atoms with van der Waals surface area (Å²) in [6, 6.07) is 27.9. The van der Waals surface area contributed by atoms with Gasteiger partial charge in [-0.1, -0.05) is 267 Å². The minimum Gasteiger partial charge on any atom is -0.337 e. The predicted octanol–water partition coefficient (Wildman–Crippen LogP) is 18.8. The molecule has 0 amide bonds. The maximum absolute atomic E-state index is 5.31. The third-order valence-electron chi connectivity index (χ3n) is 12.9. The Morgan fingerprint density at radius 3 is 0.898 bits per heavy atom. The first kappa shape index (κ1) is 48.5. The number of aromatic nitrogens is 2.